The van der Waals surface area contributed by atoms with Crippen molar-refractivity contribution >= 4 is 11.9 Å². The fourth-order valence-corrected chi connectivity index (χ4v) is 14.1. The van der Waals surface area contributed by atoms with Gasteiger partial charge >= 0.3 is 11.9 Å². The highest BCUT2D eigenvalue weighted by atomic mass is 16.6. The Hall–Kier alpha value is -2.38. The van der Waals surface area contributed by atoms with Gasteiger partial charge in [-0.25, -0.2) is 9.59 Å². The van der Waals surface area contributed by atoms with Crippen molar-refractivity contribution in [1.82, 2.24) is 4.90 Å². The number of nitrogens with zero attached hydrogens (tertiary/aromatic N) is 1. The summed E-state index contributed by atoms with van der Waals surface area (Å²) in [5.74, 6) is -3.08. The molecule has 318 valence electrons. The van der Waals surface area contributed by atoms with Gasteiger partial charge in [0.05, 0.1) is 24.4 Å². The van der Waals surface area contributed by atoms with E-state index in [1.54, 1.807) is 45.6 Å². The number of benzene rings is 1. The monoisotopic (exact) mass is 795 g/mol. The third kappa shape index (κ3) is 6.65. The van der Waals surface area contributed by atoms with Crippen molar-refractivity contribution in [3.05, 3.63) is 48.0 Å². The number of hydrogen-bond donors (Lipinski definition) is 2. The molecule has 1 aliphatic heterocycles. The molecule has 1 saturated heterocycles. The largest absolute Gasteiger partial charge is 0.455 e. The van der Waals surface area contributed by atoms with Gasteiger partial charge in [0.25, 0.3) is 0 Å². The van der Waals surface area contributed by atoms with Crippen molar-refractivity contribution in [2.45, 2.75) is 145 Å². The molecular formula is C46H69NO10. The van der Waals surface area contributed by atoms with Crippen LogP contribution in [0.4, 0.5) is 0 Å². The van der Waals surface area contributed by atoms with Gasteiger partial charge in [-0.05, 0) is 57.2 Å². The quantitative estimate of drug-likeness (QED) is 0.0897. The third-order valence-electron chi connectivity index (χ3n) is 15.7. The van der Waals surface area contributed by atoms with Gasteiger partial charge in [-0.3, -0.25) is 0 Å². The molecule has 7 bridgehead atoms. The fourth-order valence-electron chi connectivity index (χ4n) is 14.1. The molecule has 1 aromatic rings. The van der Waals surface area contributed by atoms with Gasteiger partial charge in [0, 0.05) is 75.7 Å². The van der Waals surface area contributed by atoms with Crippen LogP contribution in [-0.2, 0) is 33.2 Å². The molecule has 5 aliphatic carbocycles. The molecule has 6 aliphatic rings. The first kappa shape index (κ1) is 42.7. The Balaban J connectivity index is 1.25. The van der Waals surface area contributed by atoms with E-state index in [1.165, 1.54) is 64.6 Å². The van der Waals surface area contributed by atoms with E-state index in [-0.39, 0.29) is 29.9 Å². The lowest BCUT2D eigenvalue weighted by Gasteiger charge is -2.69. The summed E-state index contributed by atoms with van der Waals surface area (Å²) in [6, 6.07) is 8.46. The van der Waals surface area contributed by atoms with Gasteiger partial charge in [0.2, 0.25) is 0 Å². The Morgan fingerprint density at radius 3 is 2.21 bits per heavy atom. The van der Waals surface area contributed by atoms with Crippen LogP contribution in [0.1, 0.15) is 107 Å². The van der Waals surface area contributed by atoms with E-state index in [9.17, 15) is 19.8 Å². The first-order chi connectivity index (χ1) is 27.6. The maximum atomic E-state index is 14.4. The zero-order chi connectivity index (χ0) is 40.6. The predicted molar refractivity (Wildman–Crippen MR) is 214 cm³/mol. The second-order valence-corrected chi connectivity index (χ2v) is 18.4. The topological polar surface area (TPSA) is 133 Å². The van der Waals surface area contributed by atoms with Crippen LogP contribution in [-0.4, -0.2) is 123 Å². The fraction of sp³-hybridized carbons (Fsp3) is 0.783. The van der Waals surface area contributed by atoms with Crippen LogP contribution in [0.15, 0.2) is 42.5 Å². The molecule has 6 fully saturated rings. The third-order valence-corrected chi connectivity index (χ3v) is 15.7. The van der Waals surface area contributed by atoms with E-state index in [2.05, 4.69) is 18.9 Å². The van der Waals surface area contributed by atoms with E-state index >= 15 is 0 Å². The molecule has 0 radical (unpaired) electrons. The summed E-state index contributed by atoms with van der Waals surface area (Å²) in [4.78, 5) is 30.7. The summed E-state index contributed by atoms with van der Waals surface area (Å²) in [6.07, 6.45) is 13.6. The molecule has 1 aromatic carbocycles. The van der Waals surface area contributed by atoms with Gasteiger partial charge in [-0.1, -0.05) is 89.0 Å². The number of fused-ring (bicyclic) bond motifs is 2. The summed E-state index contributed by atoms with van der Waals surface area (Å²) >= 11 is 0. The molecular weight excluding hydrogens is 727 g/mol. The molecule has 1 unspecified atom stereocenters. The number of unbranched alkanes of at least 4 members (excludes halogenated alkanes) is 10. The number of esters is 2. The Kier molecular flexibility index (Phi) is 13.0. The van der Waals surface area contributed by atoms with Crippen LogP contribution < -0.4 is 0 Å². The van der Waals surface area contributed by atoms with Gasteiger partial charge < -0.3 is 43.5 Å². The highest BCUT2D eigenvalue weighted by Gasteiger charge is 2.91. The summed E-state index contributed by atoms with van der Waals surface area (Å²) in [6.45, 7) is 3.46. The Morgan fingerprint density at radius 1 is 0.895 bits per heavy atom. The number of hydrogen-bond acceptors (Lipinski definition) is 11. The first-order valence-corrected chi connectivity index (χ1v) is 21.9. The zero-order valence-electron chi connectivity index (χ0n) is 35.2. The maximum absolute atomic E-state index is 14.4. The molecule has 0 amide bonds. The average molecular weight is 796 g/mol. The molecule has 5 saturated carbocycles. The summed E-state index contributed by atoms with van der Waals surface area (Å²) in [5, 5.41) is 25.9. The molecule has 0 aromatic heterocycles. The summed E-state index contributed by atoms with van der Waals surface area (Å²) in [7, 11) is 8.75. The number of allylic oxidation sites excluding steroid dienone is 1. The Morgan fingerprint density at radius 2 is 1.58 bits per heavy atom. The van der Waals surface area contributed by atoms with Crippen molar-refractivity contribution in [3.63, 3.8) is 0 Å². The average Bonchev–Trinajstić information content (AvgIpc) is 3.60. The second-order valence-electron chi connectivity index (χ2n) is 18.4. The number of likely N-dealkylation sites (tertiary alicyclic amines) is 1. The lowest BCUT2D eigenvalue weighted by atomic mass is 9.43. The van der Waals surface area contributed by atoms with Crippen molar-refractivity contribution < 1.29 is 48.2 Å². The van der Waals surface area contributed by atoms with Crippen molar-refractivity contribution in [2.75, 3.05) is 48.6 Å². The van der Waals surface area contributed by atoms with E-state index in [1.807, 2.05) is 12.1 Å². The molecule has 1 spiro atoms. The van der Waals surface area contributed by atoms with Gasteiger partial charge in [0.1, 0.15) is 23.9 Å². The number of carbonyl (C=O) groups is 2. The van der Waals surface area contributed by atoms with Crippen molar-refractivity contribution in [1.29, 1.82) is 0 Å². The number of rotatable bonds is 20. The predicted octanol–water partition coefficient (Wildman–Crippen LogP) is 6.13. The standard InChI is InChI=1S/C46H69NO10/c1-7-8-9-10-11-12-13-14-15-16-17-21-24-33(48)57-46-34-31(27-44(51,41(55-6)39(46)49)40(34)56-42(50)30-22-19-18-20-23-30)45-32(53-4)25-26-43(29-52-3)28-47(2)38(45)35(46)36(54-5)37(43)45/h18-24,31-32,34-41,49,51H,7-17,25-29H2,1-6H3/b24-21+/t31-,32+,34-,35+,36+,37-,38?,39+,40-,41+,43+,44-,45+,46-/m1/s1. The highest BCUT2D eigenvalue weighted by Crippen LogP contribution is 2.80. The first-order valence-electron chi connectivity index (χ1n) is 21.9. The highest BCUT2D eigenvalue weighted by molar-refractivity contribution is 5.89. The van der Waals surface area contributed by atoms with Gasteiger partial charge in [0.15, 0.2) is 5.60 Å². The van der Waals surface area contributed by atoms with Crippen LogP contribution >= 0.6 is 0 Å². The van der Waals surface area contributed by atoms with Crippen LogP contribution in [0.5, 0.6) is 0 Å². The van der Waals surface area contributed by atoms with Gasteiger partial charge in [-0.15, -0.1) is 0 Å². The minimum absolute atomic E-state index is 0.126. The lowest BCUT2D eigenvalue weighted by molar-refractivity contribution is -0.315. The number of ether oxygens (including phenoxy) is 6. The molecule has 14 atom stereocenters. The van der Waals surface area contributed by atoms with Crippen LogP contribution in [0.2, 0.25) is 0 Å². The van der Waals surface area contributed by atoms with E-state index in [4.69, 9.17) is 28.4 Å². The Bertz CT molecular complexity index is 1570. The van der Waals surface area contributed by atoms with Gasteiger partial charge in [-0.2, -0.15) is 0 Å². The van der Waals surface area contributed by atoms with E-state index < -0.39 is 70.7 Å². The van der Waals surface area contributed by atoms with Crippen LogP contribution in [0, 0.1) is 34.5 Å². The number of aliphatic hydroxyl groups is 2. The van der Waals surface area contributed by atoms with Crippen LogP contribution in [0.25, 0.3) is 0 Å². The SMILES string of the molecule is CCCCCCCCCCCC/C=C/C(=O)O[C@]12[C@H]3[C@@H](OC(=O)c4ccccc4)[C@](O)(C[C@H]3[C@@]34C5[C@@H]1[C@H](OC)[C@@H]3[C@@](COC)(CC[C@@H]4OC)CN5C)[C@@H](OC)[C@@H]2O. The number of methoxy groups -OCH3 is 4. The van der Waals surface area contributed by atoms with Crippen molar-refractivity contribution in [2.24, 2.45) is 34.5 Å². The number of carbonyl (C=O) groups excluding carboxylic acids is 2. The molecule has 1 heterocycles. The lowest BCUT2D eigenvalue weighted by Crippen LogP contribution is -2.80. The minimum Gasteiger partial charge on any atom is -0.455 e. The normalized spacial score (nSPS) is 41.4. The summed E-state index contributed by atoms with van der Waals surface area (Å²) < 4.78 is 38.6. The molecule has 57 heavy (non-hydrogen) atoms. The smallest absolute Gasteiger partial charge is 0.338 e. The van der Waals surface area contributed by atoms with E-state index in [0.717, 1.165) is 38.6 Å². The molecule has 11 heteroatoms. The Labute approximate surface area is 340 Å². The molecule has 2 N–H and O–H groups in total. The second kappa shape index (κ2) is 17.3. The van der Waals surface area contributed by atoms with E-state index in [0.29, 0.717) is 12.2 Å². The summed E-state index contributed by atoms with van der Waals surface area (Å²) in [5.41, 5.74) is -4.07. The molecule has 7 rings (SSSR count). The molecule has 11 nitrogen and oxygen atoms in total. The minimum atomic E-state index is -1.79. The zero-order valence-corrected chi connectivity index (χ0v) is 35.2. The number of aliphatic hydroxyl groups excluding tert-OH is 1. The van der Waals surface area contributed by atoms with Crippen molar-refractivity contribution in [3.8, 4) is 0 Å². The number of piperidine rings is 1. The van der Waals surface area contributed by atoms with Crippen LogP contribution in [0.3, 0.4) is 0 Å². The maximum Gasteiger partial charge on any atom is 0.338 e.